The second-order valence-corrected chi connectivity index (χ2v) is 1.92. The van der Waals surface area contributed by atoms with Crippen LogP contribution in [0.5, 0.6) is 0 Å². The molecule has 0 aliphatic carbocycles. The fourth-order valence-corrected chi connectivity index (χ4v) is 0.396. The highest BCUT2D eigenvalue weighted by molar-refractivity contribution is 4.40. The zero-order valence-electron chi connectivity index (χ0n) is 5.96. The van der Waals surface area contributed by atoms with E-state index in [0.717, 1.165) is 0 Å². The number of methoxy groups -OCH3 is 1. The summed E-state index contributed by atoms with van der Waals surface area (Å²) >= 11 is 0. The fourth-order valence-electron chi connectivity index (χ4n) is 0.396. The summed E-state index contributed by atoms with van der Waals surface area (Å²) in [6, 6.07) is 0. The summed E-state index contributed by atoms with van der Waals surface area (Å²) in [5.41, 5.74) is 0. The molecular formula is C6H14O3. The SMILES string of the molecule is COCCOC[C@H](C)O. The Hall–Kier alpha value is -0.120. The largest absolute Gasteiger partial charge is 0.391 e. The Balaban J connectivity index is 2.75. The molecule has 0 aliphatic rings. The number of aliphatic hydroxyl groups excluding tert-OH is 1. The van der Waals surface area contributed by atoms with Gasteiger partial charge in [0.15, 0.2) is 0 Å². The first-order valence-corrected chi connectivity index (χ1v) is 3.02. The first-order chi connectivity index (χ1) is 4.27. The van der Waals surface area contributed by atoms with Gasteiger partial charge in [0, 0.05) is 7.11 Å². The third-order valence-corrected chi connectivity index (χ3v) is 0.791. The van der Waals surface area contributed by atoms with E-state index in [0.29, 0.717) is 19.8 Å². The molecular weight excluding hydrogens is 120 g/mol. The van der Waals surface area contributed by atoms with Crippen molar-refractivity contribution in [2.24, 2.45) is 0 Å². The van der Waals surface area contributed by atoms with Gasteiger partial charge in [-0.05, 0) is 6.92 Å². The lowest BCUT2D eigenvalue weighted by Crippen LogP contribution is -2.12. The molecule has 0 aromatic carbocycles. The van der Waals surface area contributed by atoms with Gasteiger partial charge >= 0.3 is 0 Å². The van der Waals surface area contributed by atoms with Gasteiger partial charge in [-0.25, -0.2) is 0 Å². The second-order valence-electron chi connectivity index (χ2n) is 1.92. The summed E-state index contributed by atoms with van der Waals surface area (Å²) in [7, 11) is 1.62. The van der Waals surface area contributed by atoms with Crippen LogP contribution in [0, 0.1) is 0 Å². The minimum atomic E-state index is -0.373. The van der Waals surface area contributed by atoms with Crippen LogP contribution in [0.15, 0.2) is 0 Å². The summed E-state index contributed by atoms with van der Waals surface area (Å²) in [4.78, 5) is 0. The molecule has 3 nitrogen and oxygen atoms in total. The van der Waals surface area contributed by atoms with Crippen LogP contribution in [-0.2, 0) is 9.47 Å². The van der Waals surface area contributed by atoms with Crippen molar-refractivity contribution >= 4 is 0 Å². The van der Waals surface area contributed by atoms with Gasteiger partial charge in [0.05, 0.1) is 25.9 Å². The highest BCUT2D eigenvalue weighted by Crippen LogP contribution is 1.81. The number of rotatable bonds is 5. The normalized spacial score (nSPS) is 13.7. The molecule has 0 rings (SSSR count). The molecule has 0 radical (unpaired) electrons. The van der Waals surface area contributed by atoms with E-state index in [9.17, 15) is 0 Å². The molecule has 1 N–H and O–H groups in total. The van der Waals surface area contributed by atoms with E-state index in [1.165, 1.54) is 0 Å². The lowest BCUT2D eigenvalue weighted by molar-refractivity contribution is 0.0202. The Bertz CT molecular complexity index is 54.3. The van der Waals surface area contributed by atoms with E-state index < -0.39 is 0 Å². The number of ether oxygens (including phenoxy) is 2. The monoisotopic (exact) mass is 134 g/mol. The quantitative estimate of drug-likeness (QED) is 0.539. The van der Waals surface area contributed by atoms with Gasteiger partial charge in [-0.2, -0.15) is 0 Å². The van der Waals surface area contributed by atoms with Gasteiger partial charge in [-0.1, -0.05) is 0 Å². The Kier molecular flexibility index (Phi) is 5.93. The van der Waals surface area contributed by atoms with Crippen molar-refractivity contribution in [1.82, 2.24) is 0 Å². The van der Waals surface area contributed by atoms with Gasteiger partial charge in [0.2, 0.25) is 0 Å². The highest BCUT2D eigenvalue weighted by atomic mass is 16.5. The molecule has 3 heteroatoms. The van der Waals surface area contributed by atoms with Crippen LogP contribution in [0.3, 0.4) is 0 Å². The van der Waals surface area contributed by atoms with E-state index >= 15 is 0 Å². The van der Waals surface area contributed by atoms with Crippen molar-refractivity contribution < 1.29 is 14.6 Å². The maximum atomic E-state index is 8.69. The van der Waals surface area contributed by atoms with Crippen molar-refractivity contribution in [2.75, 3.05) is 26.9 Å². The van der Waals surface area contributed by atoms with Crippen LogP contribution in [-0.4, -0.2) is 38.1 Å². The predicted molar refractivity (Wildman–Crippen MR) is 34.4 cm³/mol. The van der Waals surface area contributed by atoms with E-state index in [-0.39, 0.29) is 6.10 Å². The number of aliphatic hydroxyl groups is 1. The van der Waals surface area contributed by atoms with Crippen LogP contribution < -0.4 is 0 Å². The Labute approximate surface area is 55.6 Å². The van der Waals surface area contributed by atoms with E-state index in [4.69, 9.17) is 14.6 Å². The van der Waals surface area contributed by atoms with E-state index in [1.807, 2.05) is 0 Å². The molecule has 0 saturated heterocycles. The van der Waals surface area contributed by atoms with Crippen LogP contribution in [0.25, 0.3) is 0 Å². The first kappa shape index (κ1) is 8.88. The maximum absolute atomic E-state index is 8.69. The van der Waals surface area contributed by atoms with Crippen LogP contribution >= 0.6 is 0 Å². The zero-order valence-corrected chi connectivity index (χ0v) is 5.96. The summed E-state index contributed by atoms with van der Waals surface area (Å²) in [5.74, 6) is 0. The molecule has 0 amide bonds. The Morgan fingerprint density at radius 3 is 2.56 bits per heavy atom. The van der Waals surface area contributed by atoms with Crippen molar-refractivity contribution in [1.29, 1.82) is 0 Å². The van der Waals surface area contributed by atoms with Crippen molar-refractivity contribution in [3.63, 3.8) is 0 Å². The molecule has 0 bridgehead atoms. The van der Waals surface area contributed by atoms with Crippen LogP contribution in [0.4, 0.5) is 0 Å². The molecule has 0 heterocycles. The second kappa shape index (κ2) is 6.01. The molecule has 9 heavy (non-hydrogen) atoms. The third kappa shape index (κ3) is 7.88. The van der Waals surface area contributed by atoms with Crippen molar-refractivity contribution in [3.8, 4) is 0 Å². The molecule has 56 valence electrons. The third-order valence-electron chi connectivity index (χ3n) is 0.791. The van der Waals surface area contributed by atoms with Crippen molar-refractivity contribution in [2.45, 2.75) is 13.0 Å². The molecule has 0 unspecified atom stereocenters. The minimum absolute atomic E-state index is 0.373. The lowest BCUT2D eigenvalue weighted by Gasteiger charge is -2.04. The van der Waals surface area contributed by atoms with Gasteiger partial charge in [0.25, 0.3) is 0 Å². The van der Waals surface area contributed by atoms with Gasteiger partial charge in [-0.15, -0.1) is 0 Å². The number of hydrogen-bond donors (Lipinski definition) is 1. The van der Waals surface area contributed by atoms with Gasteiger partial charge in [-0.3, -0.25) is 0 Å². The first-order valence-electron chi connectivity index (χ1n) is 3.02. The smallest absolute Gasteiger partial charge is 0.0745 e. The molecule has 0 aromatic heterocycles. The highest BCUT2D eigenvalue weighted by Gasteiger charge is 1.92. The number of hydrogen-bond acceptors (Lipinski definition) is 3. The molecule has 0 saturated carbocycles. The molecule has 0 spiro atoms. The summed E-state index contributed by atoms with van der Waals surface area (Å²) < 4.78 is 9.68. The summed E-state index contributed by atoms with van der Waals surface area (Å²) in [6.07, 6.45) is -0.373. The Morgan fingerprint density at radius 2 is 2.11 bits per heavy atom. The standard InChI is InChI=1S/C6H14O3/c1-6(7)5-9-4-3-8-2/h6-7H,3-5H2,1-2H3/t6-/m0/s1. The predicted octanol–water partition coefficient (Wildman–Crippen LogP) is 0.0302. The topological polar surface area (TPSA) is 38.7 Å². The van der Waals surface area contributed by atoms with Gasteiger partial charge in [0.1, 0.15) is 0 Å². The maximum Gasteiger partial charge on any atom is 0.0745 e. The van der Waals surface area contributed by atoms with Crippen LogP contribution in [0.2, 0.25) is 0 Å². The van der Waals surface area contributed by atoms with Gasteiger partial charge < -0.3 is 14.6 Å². The molecule has 1 atom stereocenters. The average Bonchev–Trinajstić information content (AvgIpc) is 1.80. The lowest BCUT2D eigenvalue weighted by atomic mass is 10.4. The molecule has 0 fully saturated rings. The fraction of sp³-hybridized carbons (Fsp3) is 1.00. The zero-order chi connectivity index (χ0) is 7.11. The minimum Gasteiger partial charge on any atom is -0.391 e. The molecule has 0 aliphatic heterocycles. The van der Waals surface area contributed by atoms with E-state index in [2.05, 4.69) is 0 Å². The molecule has 0 aromatic rings. The van der Waals surface area contributed by atoms with Crippen LogP contribution in [0.1, 0.15) is 6.92 Å². The average molecular weight is 134 g/mol. The summed E-state index contributed by atoms with van der Waals surface area (Å²) in [6.45, 7) is 3.23. The Morgan fingerprint density at radius 1 is 1.44 bits per heavy atom. The van der Waals surface area contributed by atoms with Crippen molar-refractivity contribution in [3.05, 3.63) is 0 Å². The summed E-state index contributed by atoms with van der Waals surface area (Å²) in [5, 5.41) is 8.69. The van der Waals surface area contributed by atoms with E-state index in [1.54, 1.807) is 14.0 Å².